The Balaban J connectivity index is 1.71. The zero-order valence-corrected chi connectivity index (χ0v) is 15.9. The van der Waals surface area contributed by atoms with Crippen molar-refractivity contribution in [1.82, 2.24) is 9.71 Å². The van der Waals surface area contributed by atoms with Gasteiger partial charge in [0.15, 0.2) is 0 Å². The fraction of sp³-hybridized carbons (Fsp3) is 0.250. The molecule has 1 aromatic heterocycles. The predicted octanol–water partition coefficient (Wildman–Crippen LogP) is 3.60. The first-order chi connectivity index (χ1) is 12.4. The van der Waals surface area contributed by atoms with E-state index >= 15 is 0 Å². The molecule has 3 aromatic rings. The van der Waals surface area contributed by atoms with Crippen LogP contribution in [0.25, 0.3) is 10.8 Å². The smallest absolute Gasteiger partial charge is 0.241 e. The third-order valence-corrected chi connectivity index (χ3v) is 5.86. The van der Waals surface area contributed by atoms with Gasteiger partial charge in [0.25, 0.3) is 0 Å². The van der Waals surface area contributed by atoms with Crippen LogP contribution in [0.1, 0.15) is 18.1 Å². The Morgan fingerprint density at radius 1 is 1.15 bits per heavy atom. The summed E-state index contributed by atoms with van der Waals surface area (Å²) in [5.74, 6) is 0.711. The zero-order valence-electron chi connectivity index (χ0n) is 15.1. The van der Waals surface area contributed by atoms with Crippen LogP contribution in [0, 0.1) is 13.8 Å². The Bertz CT molecular complexity index is 1030. The van der Waals surface area contributed by atoms with Crippen LogP contribution in [0.3, 0.4) is 0 Å². The van der Waals surface area contributed by atoms with Gasteiger partial charge in [-0.25, -0.2) is 13.1 Å². The number of pyridine rings is 1. The minimum atomic E-state index is -3.59. The second-order valence-corrected chi connectivity index (χ2v) is 8.14. The average molecular weight is 370 g/mol. The maximum Gasteiger partial charge on any atom is 0.241 e. The van der Waals surface area contributed by atoms with E-state index in [-0.39, 0.29) is 12.6 Å². The van der Waals surface area contributed by atoms with Crippen LogP contribution in [0.4, 0.5) is 0 Å². The van der Waals surface area contributed by atoms with Crippen molar-refractivity contribution >= 4 is 20.8 Å². The van der Waals surface area contributed by atoms with Crippen LogP contribution in [-0.4, -0.2) is 26.1 Å². The van der Waals surface area contributed by atoms with E-state index in [1.807, 2.05) is 37.3 Å². The molecule has 0 spiro atoms. The Morgan fingerprint density at radius 2 is 1.96 bits per heavy atom. The first-order valence-electron chi connectivity index (χ1n) is 8.42. The van der Waals surface area contributed by atoms with Gasteiger partial charge in [0.2, 0.25) is 10.0 Å². The maximum absolute atomic E-state index is 12.6. The number of nitrogens with zero attached hydrogens (tertiary/aromatic N) is 1. The molecule has 0 saturated carbocycles. The Labute approximate surface area is 154 Å². The highest BCUT2D eigenvalue weighted by molar-refractivity contribution is 7.89. The number of rotatable bonds is 6. The standard InChI is InChI=1S/C20H22N2O3S/c1-14-7-8-20(15(2)11-14)26(23,24)22-16(3)13-25-19-6-4-5-17-12-21-10-9-18(17)19/h4-12,16,22H,13H2,1-3H3. The Hall–Kier alpha value is -2.44. The van der Waals surface area contributed by atoms with Crippen molar-refractivity contribution in [2.24, 2.45) is 0 Å². The second-order valence-electron chi connectivity index (χ2n) is 6.46. The highest BCUT2D eigenvalue weighted by atomic mass is 32.2. The first kappa shape index (κ1) is 18.4. The lowest BCUT2D eigenvalue weighted by atomic mass is 10.1. The molecule has 0 saturated heterocycles. The van der Waals surface area contributed by atoms with E-state index in [9.17, 15) is 8.42 Å². The fourth-order valence-corrected chi connectivity index (χ4v) is 4.35. The van der Waals surface area contributed by atoms with Crippen molar-refractivity contribution in [3.63, 3.8) is 0 Å². The van der Waals surface area contributed by atoms with Gasteiger partial charge in [-0.2, -0.15) is 0 Å². The molecule has 0 aliphatic carbocycles. The van der Waals surface area contributed by atoms with E-state index in [1.54, 1.807) is 38.4 Å². The van der Waals surface area contributed by atoms with Gasteiger partial charge in [0, 0.05) is 23.2 Å². The predicted molar refractivity (Wildman–Crippen MR) is 103 cm³/mol. The number of fused-ring (bicyclic) bond motifs is 1. The van der Waals surface area contributed by atoms with Crippen LogP contribution >= 0.6 is 0 Å². The van der Waals surface area contributed by atoms with Crippen LogP contribution in [0.15, 0.2) is 59.8 Å². The summed E-state index contributed by atoms with van der Waals surface area (Å²) >= 11 is 0. The number of hydrogen-bond acceptors (Lipinski definition) is 4. The van der Waals surface area contributed by atoms with Crippen molar-refractivity contribution < 1.29 is 13.2 Å². The minimum Gasteiger partial charge on any atom is -0.491 e. The summed E-state index contributed by atoms with van der Waals surface area (Å²) in [6.45, 7) is 5.75. The van der Waals surface area contributed by atoms with Crippen molar-refractivity contribution in [2.75, 3.05) is 6.61 Å². The number of aromatic nitrogens is 1. The molecule has 5 nitrogen and oxygen atoms in total. The van der Waals surface area contributed by atoms with Crippen molar-refractivity contribution in [3.8, 4) is 5.75 Å². The molecule has 3 rings (SSSR count). The van der Waals surface area contributed by atoms with Crippen molar-refractivity contribution in [2.45, 2.75) is 31.7 Å². The third kappa shape index (κ3) is 4.03. The van der Waals surface area contributed by atoms with Gasteiger partial charge in [-0.1, -0.05) is 29.8 Å². The zero-order chi connectivity index (χ0) is 18.7. The number of hydrogen-bond donors (Lipinski definition) is 1. The summed E-state index contributed by atoms with van der Waals surface area (Å²) in [6.07, 6.45) is 3.48. The quantitative estimate of drug-likeness (QED) is 0.720. The number of aryl methyl sites for hydroxylation is 2. The molecule has 2 aromatic carbocycles. The van der Waals surface area contributed by atoms with Crippen LogP contribution in [-0.2, 0) is 10.0 Å². The molecule has 1 unspecified atom stereocenters. The second kappa shape index (κ2) is 7.43. The van der Waals surface area contributed by atoms with Gasteiger partial charge in [-0.15, -0.1) is 0 Å². The Morgan fingerprint density at radius 3 is 2.73 bits per heavy atom. The molecular weight excluding hydrogens is 348 g/mol. The fourth-order valence-electron chi connectivity index (χ4n) is 2.90. The molecule has 0 amide bonds. The third-order valence-electron chi connectivity index (χ3n) is 4.11. The maximum atomic E-state index is 12.6. The molecule has 0 aliphatic heterocycles. The summed E-state index contributed by atoms with van der Waals surface area (Å²) < 4.78 is 33.8. The molecule has 0 aliphatic rings. The summed E-state index contributed by atoms with van der Waals surface area (Å²) in [7, 11) is -3.59. The molecule has 1 atom stereocenters. The van der Waals surface area contributed by atoms with Gasteiger partial charge in [0.05, 0.1) is 10.9 Å². The van der Waals surface area contributed by atoms with Gasteiger partial charge in [-0.3, -0.25) is 4.98 Å². The lowest BCUT2D eigenvalue weighted by Gasteiger charge is -2.17. The van der Waals surface area contributed by atoms with E-state index < -0.39 is 10.0 Å². The minimum absolute atomic E-state index is 0.228. The van der Waals surface area contributed by atoms with Gasteiger partial charge in [0.1, 0.15) is 12.4 Å². The van der Waals surface area contributed by atoms with Gasteiger partial charge < -0.3 is 4.74 Å². The summed E-state index contributed by atoms with van der Waals surface area (Å²) in [5, 5.41) is 1.93. The molecule has 6 heteroatoms. The molecule has 1 heterocycles. The monoisotopic (exact) mass is 370 g/mol. The Kier molecular flexibility index (Phi) is 5.25. The highest BCUT2D eigenvalue weighted by Gasteiger charge is 2.20. The summed E-state index contributed by atoms with van der Waals surface area (Å²) in [6, 6.07) is 12.5. The number of nitrogens with one attached hydrogen (secondary N) is 1. The molecule has 26 heavy (non-hydrogen) atoms. The number of benzene rings is 2. The lowest BCUT2D eigenvalue weighted by molar-refractivity contribution is 0.290. The topological polar surface area (TPSA) is 68.3 Å². The lowest BCUT2D eigenvalue weighted by Crippen LogP contribution is -2.37. The van der Waals surface area contributed by atoms with E-state index in [1.165, 1.54) is 0 Å². The molecule has 0 bridgehead atoms. The normalized spacial score (nSPS) is 12.9. The SMILES string of the molecule is Cc1ccc(S(=O)(=O)NC(C)COc2cccc3cnccc23)c(C)c1. The summed E-state index contributed by atoms with van der Waals surface area (Å²) in [4.78, 5) is 4.40. The molecule has 0 fully saturated rings. The summed E-state index contributed by atoms with van der Waals surface area (Å²) in [5.41, 5.74) is 1.76. The molecule has 1 N–H and O–H groups in total. The number of sulfonamides is 1. The van der Waals surface area contributed by atoms with E-state index in [4.69, 9.17) is 4.74 Å². The van der Waals surface area contributed by atoms with Crippen molar-refractivity contribution in [3.05, 3.63) is 66.0 Å². The molecule has 0 radical (unpaired) electrons. The average Bonchev–Trinajstić information content (AvgIpc) is 2.59. The largest absolute Gasteiger partial charge is 0.491 e. The van der Waals surface area contributed by atoms with Crippen LogP contribution in [0.2, 0.25) is 0 Å². The number of ether oxygens (including phenoxy) is 1. The van der Waals surface area contributed by atoms with Crippen LogP contribution < -0.4 is 9.46 Å². The highest BCUT2D eigenvalue weighted by Crippen LogP contribution is 2.24. The van der Waals surface area contributed by atoms with Crippen molar-refractivity contribution in [1.29, 1.82) is 0 Å². The van der Waals surface area contributed by atoms with E-state index in [2.05, 4.69) is 9.71 Å². The van der Waals surface area contributed by atoms with Gasteiger partial charge in [-0.05, 0) is 44.5 Å². The van der Waals surface area contributed by atoms with E-state index in [0.717, 1.165) is 21.9 Å². The van der Waals surface area contributed by atoms with Crippen LogP contribution in [0.5, 0.6) is 5.75 Å². The first-order valence-corrected chi connectivity index (χ1v) is 9.90. The molecular formula is C20H22N2O3S. The van der Waals surface area contributed by atoms with Gasteiger partial charge >= 0.3 is 0 Å². The van der Waals surface area contributed by atoms with E-state index in [0.29, 0.717) is 10.6 Å². The molecule has 136 valence electrons.